The highest BCUT2D eigenvalue weighted by atomic mass is 32.1. The molecular weight excluding hydrogens is 354 g/mol. The van der Waals surface area contributed by atoms with Gasteiger partial charge in [-0.3, -0.25) is 9.59 Å². The number of aromatic nitrogens is 2. The van der Waals surface area contributed by atoms with Gasteiger partial charge in [-0.1, -0.05) is 6.07 Å². The number of aryl methyl sites for hydroxylation is 3. The fourth-order valence-electron chi connectivity index (χ4n) is 3.32. The van der Waals surface area contributed by atoms with Crippen molar-refractivity contribution < 1.29 is 4.79 Å². The summed E-state index contributed by atoms with van der Waals surface area (Å²) in [5.41, 5.74) is 1.12. The summed E-state index contributed by atoms with van der Waals surface area (Å²) in [5.74, 6) is 0.564. The van der Waals surface area contributed by atoms with Crippen LogP contribution in [0.2, 0.25) is 0 Å². The van der Waals surface area contributed by atoms with Gasteiger partial charge in [0.2, 0.25) is 5.91 Å². The Morgan fingerprint density at radius 3 is 3.12 bits per heavy atom. The number of H-pyrrole nitrogens is 1. The first-order valence-corrected chi connectivity index (χ1v) is 10.2. The molecule has 0 saturated carbocycles. The molecule has 0 unspecified atom stereocenters. The lowest BCUT2D eigenvalue weighted by atomic mass is 10.2. The average Bonchev–Trinajstić information content (AvgIpc) is 3.28. The maximum atomic E-state index is 12.4. The Morgan fingerprint density at radius 2 is 2.32 bits per heavy atom. The Morgan fingerprint density at radius 1 is 1.44 bits per heavy atom. The molecule has 0 radical (unpaired) electrons. The van der Waals surface area contributed by atoms with Crippen LogP contribution < -0.4 is 10.9 Å². The number of nitrogens with zero attached hydrogens (tertiary/aromatic N) is 1. The minimum Gasteiger partial charge on any atom is -0.349 e. The molecule has 3 aromatic heterocycles. The van der Waals surface area contributed by atoms with Crippen LogP contribution in [-0.4, -0.2) is 15.9 Å². The Kier molecular flexibility index (Phi) is 4.43. The van der Waals surface area contributed by atoms with Crippen LogP contribution in [0.3, 0.4) is 0 Å². The number of rotatable bonds is 5. The normalized spacial score (nSPS) is 14.6. The van der Waals surface area contributed by atoms with Crippen molar-refractivity contribution in [3.8, 4) is 0 Å². The van der Waals surface area contributed by atoms with Gasteiger partial charge in [-0.2, -0.15) is 0 Å². The second-order valence-electron chi connectivity index (χ2n) is 6.35. The maximum Gasteiger partial charge on any atom is 0.259 e. The monoisotopic (exact) mass is 373 g/mol. The van der Waals surface area contributed by atoms with Crippen LogP contribution in [0.15, 0.2) is 22.3 Å². The lowest BCUT2D eigenvalue weighted by molar-refractivity contribution is -0.121. The molecule has 0 bridgehead atoms. The van der Waals surface area contributed by atoms with Crippen LogP contribution >= 0.6 is 22.7 Å². The van der Waals surface area contributed by atoms with Gasteiger partial charge < -0.3 is 10.3 Å². The molecule has 4 rings (SSSR count). The van der Waals surface area contributed by atoms with E-state index in [2.05, 4.69) is 15.3 Å². The summed E-state index contributed by atoms with van der Waals surface area (Å²) in [4.78, 5) is 35.3. The van der Waals surface area contributed by atoms with Gasteiger partial charge >= 0.3 is 0 Å². The summed E-state index contributed by atoms with van der Waals surface area (Å²) >= 11 is 3.26. The molecule has 1 aliphatic carbocycles. The van der Waals surface area contributed by atoms with Crippen molar-refractivity contribution in [3.05, 3.63) is 49.0 Å². The molecule has 1 amide bonds. The SMILES string of the molecule is C[C@H](NC(=O)CCc1nc2sc3c(c2c(=O)[nH]1)CCC3)c1cccs1. The topological polar surface area (TPSA) is 74.8 Å². The molecular formula is C18H19N3O2S2. The van der Waals surface area contributed by atoms with Crippen molar-refractivity contribution in [3.63, 3.8) is 0 Å². The first-order valence-electron chi connectivity index (χ1n) is 8.48. The minimum absolute atomic E-state index is 0.00209. The van der Waals surface area contributed by atoms with Crippen LogP contribution in [0.4, 0.5) is 0 Å². The molecule has 3 heterocycles. The molecule has 3 aromatic rings. The summed E-state index contributed by atoms with van der Waals surface area (Å²) in [6.45, 7) is 1.98. The molecule has 130 valence electrons. The molecule has 25 heavy (non-hydrogen) atoms. The number of hydrogen-bond acceptors (Lipinski definition) is 5. The van der Waals surface area contributed by atoms with Gasteiger partial charge in [0.05, 0.1) is 11.4 Å². The molecule has 0 spiro atoms. The Hall–Kier alpha value is -1.99. The van der Waals surface area contributed by atoms with Crippen molar-refractivity contribution in [1.29, 1.82) is 0 Å². The van der Waals surface area contributed by atoms with E-state index >= 15 is 0 Å². The third-order valence-corrected chi connectivity index (χ3v) is 6.80. The number of carbonyl (C=O) groups excluding carboxylic acids is 1. The summed E-state index contributed by atoms with van der Waals surface area (Å²) in [7, 11) is 0. The number of amides is 1. The molecule has 1 aliphatic rings. The Labute approximate surface area is 153 Å². The number of hydrogen-bond donors (Lipinski definition) is 2. The third-order valence-electron chi connectivity index (χ3n) is 4.56. The van der Waals surface area contributed by atoms with E-state index in [0.717, 1.165) is 34.4 Å². The van der Waals surface area contributed by atoms with E-state index < -0.39 is 0 Å². The second kappa shape index (κ2) is 6.72. The van der Waals surface area contributed by atoms with E-state index in [0.29, 0.717) is 18.7 Å². The lowest BCUT2D eigenvalue weighted by Gasteiger charge is -2.11. The predicted octanol–water partition coefficient (Wildman–Crippen LogP) is 3.34. The second-order valence-corrected chi connectivity index (χ2v) is 8.42. The largest absolute Gasteiger partial charge is 0.349 e. The summed E-state index contributed by atoms with van der Waals surface area (Å²) in [6.07, 6.45) is 3.91. The van der Waals surface area contributed by atoms with Crippen molar-refractivity contribution in [2.24, 2.45) is 0 Å². The van der Waals surface area contributed by atoms with E-state index in [1.165, 1.54) is 10.4 Å². The highest BCUT2D eigenvalue weighted by Gasteiger charge is 2.21. The zero-order chi connectivity index (χ0) is 17.4. The first-order chi connectivity index (χ1) is 12.1. The van der Waals surface area contributed by atoms with Crippen LogP contribution in [0.25, 0.3) is 10.2 Å². The zero-order valence-corrected chi connectivity index (χ0v) is 15.6. The smallest absolute Gasteiger partial charge is 0.259 e. The number of fused-ring (bicyclic) bond motifs is 3. The van der Waals surface area contributed by atoms with Gasteiger partial charge in [-0.25, -0.2) is 4.98 Å². The van der Waals surface area contributed by atoms with E-state index in [9.17, 15) is 9.59 Å². The Bertz CT molecular complexity index is 972. The van der Waals surface area contributed by atoms with E-state index in [-0.39, 0.29) is 17.5 Å². The Balaban J connectivity index is 1.44. The third kappa shape index (κ3) is 3.26. The van der Waals surface area contributed by atoms with E-state index in [1.54, 1.807) is 22.7 Å². The van der Waals surface area contributed by atoms with Gasteiger partial charge in [-0.05, 0) is 43.2 Å². The molecule has 7 heteroatoms. The number of thiophene rings is 2. The number of carbonyl (C=O) groups is 1. The molecule has 0 fully saturated rings. The lowest BCUT2D eigenvalue weighted by Crippen LogP contribution is -2.26. The summed E-state index contributed by atoms with van der Waals surface area (Å²) < 4.78 is 0. The fraction of sp³-hybridized carbons (Fsp3) is 0.389. The van der Waals surface area contributed by atoms with Crippen molar-refractivity contribution in [2.75, 3.05) is 0 Å². The molecule has 2 N–H and O–H groups in total. The standard InChI is InChI=1S/C18H19N3O2S2/c1-10(12-6-3-9-24-12)19-15(22)8-7-14-20-17(23)16-11-4-2-5-13(11)25-18(16)21-14/h3,6,9-10H,2,4-5,7-8H2,1H3,(H,19,22)(H,20,21,23)/t10-/m0/s1. The molecule has 0 aromatic carbocycles. The van der Waals surface area contributed by atoms with Crippen LogP contribution in [0.1, 0.15) is 46.9 Å². The zero-order valence-electron chi connectivity index (χ0n) is 13.9. The quantitative estimate of drug-likeness (QED) is 0.720. The van der Waals surface area contributed by atoms with Crippen LogP contribution in [0, 0.1) is 0 Å². The van der Waals surface area contributed by atoms with Gasteiger partial charge in [0.25, 0.3) is 5.56 Å². The van der Waals surface area contributed by atoms with Gasteiger partial charge in [0.15, 0.2) is 0 Å². The highest BCUT2D eigenvalue weighted by Crippen LogP contribution is 2.34. The molecule has 1 atom stereocenters. The van der Waals surface area contributed by atoms with Gasteiger partial charge in [0, 0.05) is 22.6 Å². The van der Waals surface area contributed by atoms with Crippen molar-refractivity contribution >= 4 is 38.8 Å². The highest BCUT2D eigenvalue weighted by molar-refractivity contribution is 7.18. The van der Waals surface area contributed by atoms with Gasteiger partial charge in [0.1, 0.15) is 10.7 Å². The average molecular weight is 374 g/mol. The maximum absolute atomic E-state index is 12.4. The van der Waals surface area contributed by atoms with E-state index in [4.69, 9.17) is 0 Å². The summed E-state index contributed by atoms with van der Waals surface area (Å²) in [5, 5.41) is 5.75. The number of aromatic amines is 1. The van der Waals surface area contributed by atoms with E-state index in [1.807, 2.05) is 24.4 Å². The predicted molar refractivity (Wildman–Crippen MR) is 101 cm³/mol. The summed E-state index contributed by atoms with van der Waals surface area (Å²) in [6, 6.07) is 3.99. The molecule has 0 saturated heterocycles. The van der Waals surface area contributed by atoms with Crippen LogP contribution in [-0.2, 0) is 24.1 Å². The van der Waals surface area contributed by atoms with Gasteiger partial charge in [-0.15, -0.1) is 22.7 Å². The van der Waals surface area contributed by atoms with Crippen LogP contribution in [0.5, 0.6) is 0 Å². The first kappa shape index (κ1) is 16.5. The minimum atomic E-state index is -0.0632. The fourth-order valence-corrected chi connectivity index (χ4v) is 5.33. The number of nitrogens with one attached hydrogen (secondary N) is 2. The molecule has 0 aliphatic heterocycles. The molecule has 5 nitrogen and oxygen atoms in total. The van der Waals surface area contributed by atoms with Crippen molar-refractivity contribution in [2.45, 2.75) is 45.1 Å². The van der Waals surface area contributed by atoms with Crippen molar-refractivity contribution in [1.82, 2.24) is 15.3 Å².